The Hall–Kier alpha value is -1.10. The van der Waals surface area contributed by atoms with Gasteiger partial charge in [-0.2, -0.15) is 0 Å². The summed E-state index contributed by atoms with van der Waals surface area (Å²) >= 11 is 1.52. The third-order valence-electron chi connectivity index (χ3n) is 1.99. The van der Waals surface area contributed by atoms with Crippen molar-refractivity contribution < 1.29 is 8.78 Å². The maximum absolute atomic E-state index is 13.3. The van der Waals surface area contributed by atoms with Crippen molar-refractivity contribution in [3.63, 3.8) is 0 Å². The van der Waals surface area contributed by atoms with Crippen LogP contribution in [0.15, 0.2) is 23.2 Å². The van der Waals surface area contributed by atoms with E-state index in [4.69, 9.17) is 0 Å². The second kappa shape index (κ2) is 4.61. The average Bonchev–Trinajstić information content (AvgIpc) is 2.26. The molecule has 0 fully saturated rings. The van der Waals surface area contributed by atoms with Crippen molar-refractivity contribution in [2.75, 3.05) is 17.6 Å². The molecule has 1 aliphatic heterocycles. The van der Waals surface area contributed by atoms with Gasteiger partial charge in [-0.25, -0.2) is 8.78 Å². The lowest BCUT2D eigenvalue weighted by Gasteiger charge is -2.13. The quantitative estimate of drug-likeness (QED) is 0.799. The molecule has 80 valence electrons. The van der Waals surface area contributed by atoms with Gasteiger partial charge in [0.25, 0.3) is 0 Å². The monoisotopic (exact) mass is 228 g/mol. The molecule has 0 saturated heterocycles. The van der Waals surface area contributed by atoms with Crippen molar-refractivity contribution in [2.45, 2.75) is 6.42 Å². The van der Waals surface area contributed by atoms with Gasteiger partial charge in [0.1, 0.15) is 0 Å². The highest BCUT2D eigenvalue weighted by Gasteiger charge is 2.11. The fourth-order valence-corrected chi connectivity index (χ4v) is 2.08. The average molecular weight is 228 g/mol. The largest absolute Gasteiger partial charge is 0.333 e. The first kappa shape index (κ1) is 10.4. The number of nitrogens with one attached hydrogen (secondary N) is 1. The first-order chi connectivity index (χ1) is 7.27. The first-order valence-electron chi connectivity index (χ1n) is 4.65. The lowest BCUT2D eigenvalue weighted by Crippen LogP contribution is -2.14. The van der Waals surface area contributed by atoms with E-state index in [0.29, 0.717) is 5.17 Å². The van der Waals surface area contributed by atoms with Crippen LogP contribution in [0.25, 0.3) is 0 Å². The smallest absolute Gasteiger partial charge is 0.182 e. The fourth-order valence-electron chi connectivity index (χ4n) is 1.25. The molecule has 5 heteroatoms. The standard InChI is InChI=1S/C10H10F2N2S/c11-7-3-1-4-8(9(7)12)14-10-13-5-2-6-15-10/h1,3-4H,2,5-6H2,(H,13,14). The van der Waals surface area contributed by atoms with Crippen LogP contribution in [0.3, 0.4) is 0 Å². The zero-order valence-corrected chi connectivity index (χ0v) is 8.78. The molecule has 1 N–H and O–H groups in total. The van der Waals surface area contributed by atoms with E-state index in [0.717, 1.165) is 24.8 Å². The summed E-state index contributed by atoms with van der Waals surface area (Å²) in [6.45, 7) is 0.742. The normalized spacial score (nSPS) is 16.0. The zero-order valence-electron chi connectivity index (χ0n) is 7.96. The molecule has 15 heavy (non-hydrogen) atoms. The van der Waals surface area contributed by atoms with Crippen LogP contribution in [0.1, 0.15) is 6.42 Å². The Morgan fingerprint density at radius 3 is 2.93 bits per heavy atom. The van der Waals surface area contributed by atoms with Gasteiger partial charge < -0.3 is 5.32 Å². The Kier molecular flexibility index (Phi) is 3.20. The molecular formula is C10H10F2N2S. The molecule has 2 nitrogen and oxygen atoms in total. The van der Waals surface area contributed by atoms with Crippen molar-refractivity contribution in [2.24, 2.45) is 4.99 Å². The van der Waals surface area contributed by atoms with Crippen LogP contribution in [0, 0.1) is 11.6 Å². The van der Waals surface area contributed by atoms with Crippen molar-refractivity contribution in [1.82, 2.24) is 0 Å². The zero-order chi connectivity index (χ0) is 10.7. The summed E-state index contributed by atoms with van der Waals surface area (Å²) in [6, 6.07) is 4.06. The number of aliphatic imine (C=N–C) groups is 1. The van der Waals surface area contributed by atoms with Gasteiger partial charge in [-0.3, -0.25) is 4.99 Å². The number of halogens is 2. The minimum atomic E-state index is -0.855. The van der Waals surface area contributed by atoms with E-state index in [1.165, 1.54) is 23.9 Å². The SMILES string of the molecule is Fc1cccc(NC2=NCCCS2)c1F. The summed E-state index contributed by atoms with van der Waals surface area (Å²) in [5.74, 6) is -0.740. The lowest BCUT2D eigenvalue weighted by atomic mass is 10.3. The number of anilines is 1. The third-order valence-corrected chi connectivity index (χ3v) is 2.99. The summed E-state index contributed by atoms with van der Waals surface area (Å²) in [5.41, 5.74) is 0.142. The molecule has 0 saturated carbocycles. The Labute approximate surface area is 90.8 Å². The second-order valence-electron chi connectivity index (χ2n) is 3.12. The maximum Gasteiger partial charge on any atom is 0.182 e. The number of hydrogen-bond acceptors (Lipinski definition) is 3. The molecule has 0 atom stereocenters. The van der Waals surface area contributed by atoms with Gasteiger partial charge in [-0.05, 0) is 18.6 Å². The predicted molar refractivity (Wildman–Crippen MR) is 59.4 cm³/mol. The molecule has 0 radical (unpaired) electrons. The molecule has 0 bridgehead atoms. The van der Waals surface area contributed by atoms with Crippen molar-refractivity contribution in [1.29, 1.82) is 0 Å². The Bertz CT molecular complexity index is 393. The number of nitrogens with zero attached hydrogens (tertiary/aromatic N) is 1. The van der Waals surface area contributed by atoms with Gasteiger partial charge in [0.05, 0.1) is 5.69 Å². The Balaban J connectivity index is 2.16. The summed E-state index contributed by atoms with van der Waals surface area (Å²) in [7, 11) is 0. The van der Waals surface area contributed by atoms with Crippen LogP contribution in [0.4, 0.5) is 14.5 Å². The molecular weight excluding hydrogens is 218 g/mol. The fraction of sp³-hybridized carbons (Fsp3) is 0.300. The van der Waals surface area contributed by atoms with Gasteiger partial charge in [-0.15, -0.1) is 0 Å². The van der Waals surface area contributed by atoms with Crippen LogP contribution in [0.2, 0.25) is 0 Å². The minimum absolute atomic E-state index is 0.142. The number of amidine groups is 1. The second-order valence-corrected chi connectivity index (χ2v) is 4.20. The summed E-state index contributed by atoms with van der Waals surface area (Å²) < 4.78 is 26.1. The van der Waals surface area contributed by atoms with Gasteiger partial charge in [-0.1, -0.05) is 17.8 Å². The first-order valence-corrected chi connectivity index (χ1v) is 5.64. The van der Waals surface area contributed by atoms with E-state index in [1.807, 2.05) is 0 Å². The lowest BCUT2D eigenvalue weighted by molar-refractivity contribution is 0.512. The Morgan fingerprint density at radius 2 is 2.20 bits per heavy atom. The van der Waals surface area contributed by atoms with Crippen molar-refractivity contribution >= 4 is 22.6 Å². The van der Waals surface area contributed by atoms with Crippen molar-refractivity contribution in [3.8, 4) is 0 Å². The molecule has 0 aliphatic carbocycles. The van der Waals surface area contributed by atoms with Gasteiger partial charge in [0.2, 0.25) is 0 Å². The van der Waals surface area contributed by atoms with Crippen LogP contribution in [-0.2, 0) is 0 Å². The molecule has 0 amide bonds. The van der Waals surface area contributed by atoms with Gasteiger partial charge >= 0.3 is 0 Å². The minimum Gasteiger partial charge on any atom is -0.333 e. The molecule has 0 spiro atoms. The van der Waals surface area contributed by atoms with E-state index < -0.39 is 11.6 Å². The van der Waals surface area contributed by atoms with Gasteiger partial charge in [0.15, 0.2) is 16.8 Å². The maximum atomic E-state index is 13.3. The molecule has 0 aromatic heterocycles. The Morgan fingerprint density at radius 1 is 1.33 bits per heavy atom. The van der Waals surface area contributed by atoms with Crippen molar-refractivity contribution in [3.05, 3.63) is 29.8 Å². The third kappa shape index (κ3) is 2.47. The molecule has 0 unspecified atom stereocenters. The van der Waals surface area contributed by atoms with Crippen LogP contribution in [0.5, 0.6) is 0 Å². The highest BCUT2D eigenvalue weighted by molar-refractivity contribution is 8.14. The van der Waals surface area contributed by atoms with E-state index in [-0.39, 0.29) is 5.69 Å². The number of thioether (sulfide) groups is 1. The summed E-state index contributed by atoms with van der Waals surface area (Å²) in [6.07, 6.45) is 1.03. The molecule has 1 aromatic carbocycles. The van der Waals surface area contributed by atoms with Crippen LogP contribution in [-0.4, -0.2) is 17.5 Å². The molecule has 1 aliphatic rings. The van der Waals surface area contributed by atoms with E-state index in [9.17, 15) is 8.78 Å². The highest BCUT2D eigenvalue weighted by atomic mass is 32.2. The van der Waals surface area contributed by atoms with Crippen LogP contribution < -0.4 is 5.32 Å². The van der Waals surface area contributed by atoms with E-state index in [2.05, 4.69) is 10.3 Å². The molecule has 1 aromatic rings. The number of rotatable bonds is 1. The van der Waals surface area contributed by atoms with Crippen LogP contribution >= 0.6 is 11.8 Å². The van der Waals surface area contributed by atoms with Gasteiger partial charge in [0, 0.05) is 12.3 Å². The topological polar surface area (TPSA) is 24.4 Å². The van der Waals surface area contributed by atoms with E-state index >= 15 is 0 Å². The summed E-state index contributed by atoms with van der Waals surface area (Å²) in [4.78, 5) is 4.17. The van der Waals surface area contributed by atoms with E-state index in [1.54, 1.807) is 0 Å². The highest BCUT2D eigenvalue weighted by Crippen LogP contribution is 2.20. The molecule has 1 heterocycles. The molecule has 2 rings (SSSR count). The summed E-state index contributed by atoms with van der Waals surface area (Å²) in [5, 5.41) is 3.45. The predicted octanol–water partition coefficient (Wildman–Crippen LogP) is 2.87. The number of benzene rings is 1. The number of hydrogen-bond donors (Lipinski definition) is 1.